The Morgan fingerprint density at radius 1 is 1.10 bits per heavy atom. The number of hydrogen-bond acceptors (Lipinski definition) is 4. The summed E-state index contributed by atoms with van der Waals surface area (Å²) in [7, 11) is 0. The van der Waals surface area contributed by atoms with Gasteiger partial charge in [-0.1, -0.05) is 39.8 Å². The third-order valence-electron chi connectivity index (χ3n) is 10.4. The molecule has 0 radical (unpaired) electrons. The van der Waals surface area contributed by atoms with E-state index in [1.807, 2.05) is 6.92 Å². The number of rotatable bonds is 4. The normalized spacial score (nSPS) is 50.9. The van der Waals surface area contributed by atoms with Gasteiger partial charge in [-0.3, -0.25) is 4.79 Å². The van der Waals surface area contributed by atoms with Gasteiger partial charge in [0.15, 0.2) is 0 Å². The van der Waals surface area contributed by atoms with E-state index in [9.17, 15) is 20.1 Å². The molecular weight excluding hydrogens is 388 g/mol. The average Bonchev–Trinajstić information content (AvgIpc) is 3.02. The van der Waals surface area contributed by atoms with Gasteiger partial charge < -0.3 is 15.3 Å². The van der Waals surface area contributed by atoms with Gasteiger partial charge in [-0.25, -0.2) is 0 Å². The molecule has 3 N–H and O–H groups in total. The van der Waals surface area contributed by atoms with Crippen LogP contribution in [0.1, 0.15) is 86.0 Å². The molecule has 0 unspecified atom stereocenters. The fourth-order valence-electron chi connectivity index (χ4n) is 8.71. The van der Waals surface area contributed by atoms with Gasteiger partial charge in [0.1, 0.15) is 11.4 Å². The number of carbonyl (C=O) groups excluding carboxylic acids is 1. The van der Waals surface area contributed by atoms with Crippen LogP contribution >= 0.6 is 0 Å². The Balaban J connectivity index is 1.60. The lowest BCUT2D eigenvalue weighted by Gasteiger charge is -2.64. The number of aliphatic hydroxyl groups is 3. The maximum atomic E-state index is 13.2. The van der Waals surface area contributed by atoms with Crippen molar-refractivity contribution in [2.75, 3.05) is 0 Å². The van der Waals surface area contributed by atoms with Crippen molar-refractivity contribution >= 4 is 5.78 Å². The first-order valence-electron chi connectivity index (χ1n) is 12.7. The lowest BCUT2D eigenvalue weighted by atomic mass is 9.42. The molecule has 0 amide bonds. The second kappa shape index (κ2) is 7.95. The van der Waals surface area contributed by atoms with Crippen LogP contribution in [0.2, 0.25) is 0 Å². The molecule has 0 aliphatic heterocycles. The van der Waals surface area contributed by atoms with E-state index in [4.69, 9.17) is 0 Å². The van der Waals surface area contributed by atoms with Crippen molar-refractivity contribution in [1.29, 1.82) is 0 Å². The van der Waals surface area contributed by atoms with Gasteiger partial charge in [0, 0.05) is 12.8 Å². The SMILES string of the molecule is CC(C)CC=C[C@@H](C)[C@H]1CC[C@H]2[C@@H]3C[C@@H](O)[C@@]4(O)C[C@@H](O)CC(=O)[C@]4(C)[C@H]3CC[C@]12C. The molecule has 0 saturated heterocycles. The van der Waals surface area contributed by atoms with E-state index in [1.54, 1.807) is 0 Å². The second-order valence-electron chi connectivity index (χ2n) is 12.4. The minimum Gasteiger partial charge on any atom is -0.393 e. The first kappa shape index (κ1) is 23.4. The quantitative estimate of drug-likeness (QED) is 0.571. The highest BCUT2D eigenvalue weighted by Gasteiger charge is 2.70. The van der Waals surface area contributed by atoms with Crippen LogP contribution in [0.3, 0.4) is 0 Å². The maximum absolute atomic E-state index is 13.2. The van der Waals surface area contributed by atoms with Crippen LogP contribution in [0.15, 0.2) is 12.2 Å². The van der Waals surface area contributed by atoms with Crippen molar-refractivity contribution in [2.45, 2.75) is 104 Å². The molecule has 4 fully saturated rings. The molecular formula is C27H44O4. The molecule has 176 valence electrons. The Hall–Kier alpha value is -0.710. The Morgan fingerprint density at radius 2 is 1.81 bits per heavy atom. The molecule has 0 aromatic carbocycles. The van der Waals surface area contributed by atoms with Crippen molar-refractivity contribution in [1.82, 2.24) is 0 Å². The highest BCUT2D eigenvalue weighted by Crippen LogP contribution is 2.68. The van der Waals surface area contributed by atoms with Crippen LogP contribution in [0.25, 0.3) is 0 Å². The minimum atomic E-state index is -1.50. The molecule has 4 nitrogen and oxygen atoms in total. The Kier molecular flexibility index (Phi) is 6.02. The highest BCUT2D eigenvalue weighted by atomic mass is 16.3. The first-order chi connectivity index (χ1) is 14.4. The molecule has 4 heteroatoms. The third kappa shape index (κ3) is 3.38. The van der Waals surface area contributed by atoms with E-state index in [-0.39, 0.29) is 35.9 Å². The van der Waals surface area contributed by atoms with Crippen molar-refractivity contribution in [3.05, 3.63) is 12.2 Å². The number of fused-ring (bicyclic) bond motifs is 5. The lowest BCUT2D eigenvalue weighted by molar-refractivity contribution is -0.251. The molecule has 0 spiro atoms. The number of Topliss-reactive ketones (excluding diaryl/α,β-unsaturated/α-hetero) is 1. The van der Waals surface area contributed by atoms with Gasteiger partial charge in [0.2, 0.25) is 0 Å². The van der Waals surface area contributed by atoms with Crippen LogP contribution in [0, 0.1) is 46.3 Å². The average molecular weight is 433 g/mol. The van der Waals surface area contributed by atoms with Crippen LogP contribution in [0.5, 0.6) is 0 Å². The monoisotopic (exact) mass is 432 g/mol. The highest BCUT2D eigenvalue weighted by molar-refractivity contribution is 5.88. The van der Waals surface area contributed by atoms with Crippen molar-refractivity contribution in [3.8, 4) is 0 Å². The summed E-state index contributed by atoms with van der Waals surface area (Å²) in [5.74, 6) is 2.67. The van der Waals surface area contributed by atoms with Crippen LogP contribution in [-0.4, -0.2) is 38.9 Å². The molecule has 4 aliphatic carbocycles. The Morgan fingerprint density at radius 3 is 2.48 bits per heavy atom. The van der Waals surface area contributed by atoms with Gasteiger partial charge in [0.25, 0.3) is 0 Å². The summed E-state index contributed by atoms with van der Waals surface area (Å²) in [6, 6.07) is 0. The van der Waals surface area contributed by atoms with Gasteiger partial charge in [-0.05, 0) is 86.4 Å². The maximum Gasteiger partial charge on any atom is 0.144 e. The summed E-state index contributed by atoms with van der Waals surface area (Å²) >= 11 is 0. The Bertz CT molecular complexity index is 731. The van der Waals surface area contributed by atoms with Gasteiger partial charge in [-0.2, -0.15) is 0 Å². The standard InChI is InChI=1S/C27H44O4/c1-16(2)7-6-8-17(3)20-9-10-21-19-14-24(30)27(31)15-18(28)13-23(29)26(27,5)22(19)11-12-25(20,21)4/h6,8,16-22,24,28,30-31H,7,9-15H2,1-5H3/t17-,18+,19+,20-,21+,22+,24-,25-,26+,27+/m1/s1. The van der Waals surface area contributed by atoms with Crippen LogP contribution in [-0.2, 0) is 4.79 Å². The van der Waals surface area contributed by atoms with Crippen molar-refractivity contribution in [2.24, 2.45) is 46.3 Å². The van der Waals surface area contributed by atoms with E-state index in [0.717, 1.165) is 25.7 Å². The number of carbonyl (C=O) groups is 1. The molecule has 0 bridgehead atoms. The molecule has 10 atom stereocenters. The molecule has 4 rings (SSSR count). The van der Waals surface area contributed by atoms with Gasteiger partial charge in [0.05, 0.1) is 17.6 Å². The predicted molar refractivity (Wildman–Crippen MR) is 122 cm³/mol. The van der Waals surface area contributed by atoms with Crippen LogP contribution < -0.4 is 0 Å². The summed E-state index contributed by atoms with van der Waals surface area (Å²) in [6.07, 6.45) is 9.28. The number of ketones is 1. The van der Waals surface area contributed by atoms with Crippen molar-refractivity contribution in [3.63, 3.8) is 0 Å². The summed E-state index contributed by atoms with van der Waals surface area (Å²) in [5.41, 5.74) is -2.22. The van der Waals surface area contributed by atoms with E-state index >= 15 is 0 Å². The third-order valence-corrected chi connectivity index (χ3v) is 10.4. The van der Waals surface area contributed by atoms with Crippen molar-refractivity contribution < 1.29 is 20.1 Å². The van der Waals surface area contributed by atoms with Gasteiger partial charge in [-0.15, -0.1) is 0 Å². The summed E-state index contributed by atoms with van der Waals surface area (Å²) < 4.78 is 0. The van der Waals surface area contributed by atoms with E-state index in [0.29, 0.717) is 30.1 Å². The van der Waals surface area contributed by atoms with E-state index in [1.165, 1.54) is 6.42 Å². The zero-order valence-corrected chi connectivity index (χ0v) is 20.2. The summed E-state index contributed by atoms with van der Waals surface area (Å²) in [4.78, 5) is 13.2. The Labute approximate surface area is 188 Å². The molecule has 4 aliphatic rings. The van der Waals surface area contributed by atoms with Crippen LogP contribution in [0.4, 0.5) is 0 Å². The first-order valence-corrected chi connectivity index (χ1v) is 12.7. The zero-order valence-electron chi connectivity index (χ0n) is 20.2. The van der Waals surface area contributed by atoms with E-state index < -0.39 is 23.2 Å². The number of hydrogen-bond donors (Lipinski definition) is 3. The summed E-state index contributed by atoms with van der Waals surface area (Å²) in [5, 5.41) is 32.9. The zero-order chi connectivity index (χ0) is 22.8. The second-order valence-corrected chi connectivity index (χ2v) is 12.4. The van der Waals surface area contributed by atoms with E-state index in [2.05, 4.69) is 39.8 Å². The fourth-order valence-corrected chi connectivity index (χ4v) is 8.71. The molecule has 0 aromatic rings. The summed E-state index contributed by atoms with van der Waals surface area (Å²) in [6.45, 7) is 11.2. The molecule has 4 saturated carbocycles. The smallest absolute Gasteiger partial charge is 0.144 e. The number of aliphatic hydroxyl groups excluding tert-OH is 2. The predicted octanol–water partition coefficient (Wildman–Crippen LogP) is 4.51. The largest absolute Gasteiger partial charge is 0.393 e. The molecule has 0 heterocycles. The lowest BCUT2D eigenvalue weighted by Crippen LogP contribution is -2.71. The van der Waals surface area contributed by atoms with Gasteiger partial charge >= 0.3 is 0 Å². The molecule has 31 heavy (non-hydrogen) atoms. The minimum absolute atomic E-state index is 0.0503. The fraction of sp³-hybridized carbons (Fsp3) is 0.889. The molecule has 0 aromatic heterocycles. The number of allylic oxidation sites excluding steroid dienone is 2. The topological polar surface area (TPSA) is 77.8 Å².